The number of benzene rings is 2. The maximum absolute atomic E-state index is 11.2. The molecule has 1 heterocycles. The number of hydrogen-bond donors (Lipinski definition) is 1. The summed E-state index contributed by atoms with van der Waals surface area (Å²) in [5, 5.41) is 11.2. The van der Waals surface area contributed by atoms with E-state index in [-0.39, 0.29) is 21.8 Å². The Labute approximate surface area is 154 Å². The highest BCUT2D eigenvalue weighted by atomic mass is 32.2. The highest BCUT2D eigenvalue weighted by molar-refractivity contribution is 8.14. The quantitative estimate of drug-likeness (QED) is 0.737. The molecule has 0 saturated heterocycles. The van der Waals surface area contributed by atoms with E-state index in [1.807, 2.05) is 26.0 Å². The van der Waals surface area contributed by atoms with Crippen LogP contribution in [0.3, 0.4) is 0 Å². The van der Waals surface area contributed by atoms with Crippen molar-refractivity contribution in [3.05, 3.63) is 59.7 Å². The Morgan fingerprint density at radius 1 is 1.08 bits per heavy atom. The van der Waals surface area contributed by atoms with Crippen LogP contribution in [-0.2, 0) is 0 Å². The number of fused-ring (bicyclic) bond motifs is 1. The van der Waals surface area contributed by atoms with Crippen LogP contribution < -0.4 is 4.74 Å². The monoisotopic (exact) mass is 358 g/mol. The molecule has 0 amide bonds. The first-order valence-electron chi connectivity index (χ1n) is 8.85. The van der Waals surface area contributed by atoms with Crippen molar-refractivity contribution in [2.24, 2.45) is 5.41 Å². The topological polar surface area (TPSA) is 29.5 Å². The van der Waals surface area contributed by atoms with Crippen molar-refractivity contribution in [3.63, 3.8) is 0 Å². The zero-order valence-electron chi connectivity index (χ0n) is 16.0. The molecule has 2 aromatic carbocycles. The normalized spacial score (nSPS) is 24.3. The molecular weight excluding hydrogens is 328 g/mol. The Balaban J connectivity index is 0.00000109. The Hall–Kier alpha value is -1.58. The van der Waals surface area contributed by atoms with E-state index < -0.39 is 6.10 Å². The van der Waals surface area contributed by atoms with Gasteiger partial charge in [-0.15, -0.1) is 0 Å². The summed E-state index contributed by atoms with van der Waals surface area (Å²) in [5.74, 6) is 6.08. The van der Waals surface area contributed by atoms with E-state index >= 15 is 0 Å². The van der Waals surface area contributed by atoms with E-state index in [4.69, 9.17) is 4.74 Å². The molecule has 136 valence electrons. The van der Waals surface area contributed by atoms with Crippen molar-refractivity contribution in [3.8, 4) is 5.75 Å². The number of methoxy groups -OCH3 is 1. The minimum Gasteiger partial charge on any atom is -0.497 e. The minimum atomic E-state index is -0.448. The predicted molar refractivity (Wildman–Crippen MR) is 110 cm³/mol. The molecule has 0 aromatic heterocycles. The summed E-state index contributed by atoms with van der Waals surface area (Å²) in [6.45, 7) is 8.29. The van der Waals surface area contributed by atoms with Gasteiger partial charge in [-0.25, -0.2) is 0 Å². The second-order valence-corrected chi connectivity index (χ2v) is 8.57. The molecule has 0 bridgehead atoms. The maximum Gasteiger partial charge on any atom is 0.118 e. The van der Waals surface area contributed by atoms with Crippen molar-refractivity contribution in [1.29, 1.82) is 0 Å². The van der Waals surface area contributed by atoms with Gasteiger partial charge in [0.15, 0.2) is 0 Å². The highest BCUT2D eigenvalue weighted by Gasteiger charge is 2.40. The van der Waals surface area contributed by atoms with E-state index in [0.29, 0.717) is 0 Å². The van der Waals surface area contributed by atoms with Gasteiger partial charge in [0.2, 0.25) is 0 Å². The van der Waals surface area contributed by atoms with Gasteiger partial charge in [0.25, 0.3) is 0 Å². The molecule has 1 N–H and O–H groups in total. The van der Waals surface area contributed by atoms with Crippen LogP contribution in [0.5, 0.6) is 5.75 Å². The molecule has 0 radical (unpaired) electrons. The summed E-state index contributed by atoms with van der Waals surface area (Å²) in [5.41, 5.74) is 2.14. The van der Waals surface area contributed by atoms with Crippen molar-refractivity contribution < 1.29 is 9.84 Å². The average molecular weight is 359 g/mol. The lowest BCUT2D eigenvalue weighted by Gasteiger charge is -2.34. The van der Waals surface area contributed by atoms with Crippen LogP contribution in [-0.4, -0.2) is 29.9 Å². The molecule has 3 rings (SSSR count). The molecule has 3 atom stereocenters. The number of aliphatic hydroxyl groups excluding tert-OH is 1. The zero-order valence-corrected chi connectivity index (χ0v) is 16.8. The van der Waals surface area contributed by atoms with Gasteiger partial charge >= 0.3 is 0 Å². The number of aliphatic hydroxyl groups is 1. The van der Waals surface area contributed by atoms with Crippen molar-refractivity contribution in [1.82, 2.24) is 0 Å². The molecule has 0 spiro atoms. The Morgan fingerprint density at radius 3 is 2.28 bits per heavy atom. The molecule has 2 aromatic rings. The summed E-state index contributed by atoms with van der Waals surface area (Å²) in [4.78, 5) is 1.28. The first-order chi connectivity index (χ1) is 11.9. The molecule has 1 aliphatic rings. The highest BCUT2D eigenvalue weighted by Crippen LogP contribution is 2.48. The molecule has 3 heteroatoms. The van der Waals surface area contributed by atoms with Gasteiger partial charge < -0.3 is 9.84 Å². The smallest absolute Gasteiger partial charge is 0.118 e. The van der Waals surface area contributed by atoms with Crippen LogP contribution in [0.2, 0.25) is 0 Å². The summed E-state index contributed by atoms with van der Waals surface area (Å²) >= 11 is 0. The largest absolute Gasteiger partial charge is 0.497 e. The van der Waals surface area contributed by atoms with E-state index in [1.54, 1.807) is 7.11 Å². The SMILES string of the molecule is C=S1CC(C)(C)C(O)C(c2ccc(OC)cc2)c2ccccc21.CC. The minimum absolute atomic E-state index is 0.0358. The molecule has 25 heavy (non-hydrogen) atoms. The number of hydrogen-bond acceptors (Lipinski definition) is 2. The third-order valence-electron chi connectivity index (χ3n) is 4.70. The van der Waals surface area contributed by atoms with Crippen molar-refractivity contribution in [2.75, 3.05) is 12.9 Å². The zero-order chi connectivity index (χ0) is 18.6. The molecule has 1 aliphatic heterocycles. The Bertz CT molecular complexity index is 719. The molecule has 0 fully saturated rings. The summed E-state index contributed by atoms with van der Waals surface area (Å²) in [7, 11) is 1.56. The fourth-order valence-electron chi connectivity index (χ4n) is 3.41. The molecule has 0 aliphatic carbocycles. The van der Waals surface area contributed by atoms with Crippen LogP contribution in [0.1, 0.15) is 44.7 Å². The number of ether oxygens (including phenoxy) is 1. The van der Waals surface area contributed by atoms with Gasteiger partial charge in [0.1, 0.15) is 5.75 Å². The number of rotatable bonds is 2. The van der Waals surface area contributed by atoms with E-state index in [2.05, 4.69) is 56.1 Å². The van der Waals surface area contributed by atoms with Crippen LogP contribution in [0.25, 0.3) is 0 Å². The third-order valence-corrected chi connectivity index (χ3v) is 6.79. The lowest BCUT2D eigenvalue weighted by molar-refractivity contribution is 0.0528. The Kier molecular flexibility index (Phi) is 6.47. The average Bonchev–Trinajstić information content (AvgIpc) is 2.70. The van der Waals surface area contributed by atoms with Crippen molar-refractivity contribution in [2.45, 2.75) is 44.6 Å². The lowest BCUT2D eigenvalue weighted by atomic mass is 9.75. The van der Waals surface area contributed by atoms with Gasteiger partial charge in [-0.2, -0.15) is 10.5 Å². The predicted octanol–water partition coefficient (Wildman–Crippen LogP) is 5.31. The van der Waals surface area contributed by atoms with Crippen LogP contribution >= 0.6 is 10.5 Å². The Morgan fingerprint density at radius 2 is 1.68 bits per heavy atom. The molecule has 3 unspecified atom stereocenters. The lowest BCUT2D eigenvalue weighted by Crippen LogP contribution is -2.36. The van der Waals surface area contributed by atoms with Gasteiger partial charge in [-0.3, -0.25) is 0 Å². The standard InChI is InChI=1S/C20H24O2S.C2H6/c1-20(2)13-23(4)17-8-6-5-7-16(17)18(19(20)21)14-9-11-15(22-3)12-10-14;1-2/h5-12,18-19,21H,4,13H2,1-3H3;1-2H3. The second kappa shape index (κ2) is 8.20. The van der Waals surface area contributed by atoms with Crippen LogP contribution in [0.15, 0.2) is 53.4 Å². The summed E-state index contributed by atoms with van der Waals surface area (Å²) < 4.78 is 5.26. The fourth-order valence-corrected chi connectivity index (χ4v) is 5.43. The fraction of sp³-hybridized carbons (Fsp3) is 0.409. The third kappa shape index (κ3) is 3.99. The second-order valence-electron chi connectivity index (χ2n) is 6.86. The first-order valence-corrected chi connectivity index (χ1v) is 10.4. The molecular formula is C22H30O2S. The summed E-state index contributed by atoms with van der Waals surface area (Å²) in [6.07, 6.45) is -0.448. The first kappa shape index (κ1) is 19.7. The van der Waals surface area contributed by atoms with Gasteiger partial charge in [-0.1, -0.05) is 63.9 Å². The maximum atomic E-state index is 11.2. The van der Waals surface area contributed by atoms with Crippen LogP contribution in [0, 0.1) is 5.41 Å². The van der Waals surface area contributed by atoms with Gasteiger partial charge in [0, 0.05) is 16.2 Å². The van der Waals surface area contributed by atoms with Gasteiger partial charge in [0.05, 0.1) is 13.2 Å². The summed E-state index contributed by atoms with van der Waals surface area (Å²) in [6, 6.07) is 16.5. The molecule has 2 nitrogen and oxygen atoms in total. The van der Waals surface area contributed by atoms with Crippen LogP contribution in [0.4, 0.5) is 0 Å². The van der Waals surface area contributed by atoms with E-state index in [0.717, 1.165) is 17.1 Å². The van der Waals surface area contributed by atoms with E-state index in [9.17, 15) is 5.11 Å². The van der Waals surface area contributed by atoms with E-state index in [1.165, 1.54) is 10.5 Å². The molecule has 0 saturated carbocycles. The van der Waals surface area contributed by atoms with Gasteiger partial charge in [-0.05, 0) is 35.1 Å². The van der Waals surface area contributed by atoms with Crippen molar-refractivity contribution >= 4 is 16.4 Å².